The molecule has 0 unspecified atom stereocenters. The lowest BCUT2D eigenvalue weighted by Crippen LogP contribution is -2.55. The largest absolute Gasteiger partial charge is 0.486 e. The molecule has 2 amide bonds. The molecule has 0 radical (unpaired) electrons. The van der Waals surface area contributed by atoms with E-state index in [1.165, 1.54) is 24.3 Å². The minimum atomic E-state index is -4.61. The highest BCUT2D eigenvalue weighted by Crippen LogP contribution is 2.47. The molecule has 0 saturated carbocycles. The van der Waals surface area contributed by atoms with Crippen LogP contribution in [-0.4, -0.2) is 58.3 Å². The van der Waals surface area contributed by atoms with Crippen molar-refractivity contribution in [3.8, 4) is 5.75 Å². The molecule has 11 heteroatoms. The van der Waals surface area contributed by atoms with Crippen molar-refractivity contribution in [2.24, 2.45) is 0 Å². The molecule has 1 aliphatic carbocycles. The first-order valence-corrected chi connectivity index (χ1v) is 12.9. The van der Waals surface area contributed by atoms with E-state index in [0.29, 0.717) is 11.3 Å². The van der Waals surface area contributed by atoms with Crippen molar-refractivity contribution in [1.29, 1.82) is 0 Å². The molecule has 1 aliphatic heterocycles. The van der Waals surface area contributed by atoms with Gasteiger partial charge in [-0.25, -0.2) is 4.39 Å². The molecule has 214 valence electrons. The van der Waals surface area contributed by atoms with Gasteiger partial charge in [-0.2, -0.15) is 13.2 Å². The van der Waals surface area contributed by atoms with Gasteiger partial charge in [0, 0.05) is 35.4 Å². The highest BCUT2D eigenvalue weighted by atomic mass is 19.4. The predicted octanol–water partition coefficient (Wildman–Crippen LogP) is 3.81. The van der Waals surface area contributed by atoms with E-state index < -0.39 is 53.5 Å². The maximum absolute atomic E-state index is 14.7. The third-order valence-corrected chi connectivity index (χ3v) is 7.26. The molecule has 4 atom stereocenters. The third-order valence-electron chi connectivity index (χ3n) is 7.26. The number of ether oxygens (including phenoxy) is 1. The van der Waals surface area contributed by atoms with Gasteiger partial charge in [0.2, 0.25) is 5.91 Å². The van der Waals surface area contributed by atoms with Crippen LogP contribution in [0.5, 0.6) is 5.75 Å². The molecule has 1 heterocycles. The summed E-state index contributed by atoms with van der Waals surface area (Å²) in [5, 5.41) is 23.4. The Morgan fingerprint density at radius 3 is 2.34 bits per heavy atom. The number of nitrogens with zero attached hydrogens (tertiary/aromatic N) is 1. The van der Waals surface area contributed by atoms with Crippen LogP contribution in [0, 0.1) is 5.82 Å². The molecule has 41 heavy (non-hydrogen) atoms. The Hall–Kier alpha value is -4.22. The van der Waals surface area contributed by atoms with Crippen molar-refractivity contribution < 1.29 is 42.1 Å². The van der Waals surface area contributed by atoms with Crippen molar-refractivity contribution in [3.05, 3.63) is 113 Å². The Balaban J connectivity index is 1.59. The fraction of sp³-hybridized carbons (Fsp3) is 0.267. The fourth-order valence-electron chi connectivity index (χ4n) is 5.28. The van der Waals surface area contributed by atoms with E-state index >= 15 is 0 Å². The van der Waals surface area contributed by atoms with E-state index in [-0.39, 0.29) is 36.4 Å². The summed E-state index contributed by atoms with van der Waals surface area (Å²) in [6.07, 6.45) is -5.60. The Labute approximate surface area is 232 Å². The van der Waals surface area contributed by atoms with E-state index in [1.54, 1.807) is 30.3 Å². The highest BCUT2D eigenvalue weighted by Gasteiger charge is 2.50. The summed E-state index contributed by atoms with van der Waals surface area (Å²) in [5.41, 5.74) is -0.163. The summed E-state index contributed by atoms with van der Waals surface area (Å²) < 4.78 is 60.3. The quantitative estimate of drug-likeness (QED) is 0.376. The Morgan fingerprint density at radius 2 is 1.66 bits per heavy atom. The lowest BCUT2D eigenvalue weighted by Gasteiger charge is -2.40. The van der Waals surface area contributed by atoms with Crippen LogP contribution < -0.4 is 10.1 Å². The third kappa shape index (κ3) is 5.55. The maximum atomic E-state index is 14.7. The fourth-order valence-corrected chi connectivity index (χ4v) is 5.28. The number of aliphatic hydroxyl groups is 2. The molecule has 7 nitrogen and oxygen atoms in total. The molecular formula is C30H26F4N2O5. The van der Waals surface area contributed by atoms with E-state index in [9.17, 15) is 37.4 Å². The number of alkyl halides is 3. The second-order valence-electron chi connectivity index (χ2n) is 9.78. The van der Waals surface area contributed by atoms with Gasteiger partial charge in [-0.1, -0.05) is 36.4 Å². The standard InChI is InChI=1S/C30H26F4N2O5/c31-22-7-3-1-5-18(22)16-36(29(40)17-9-11-19(12-10-17)30(32,33)34)23-15-21(28(39)35-13-14-37)25-20-6-2-4-8-24(20)41-27(25)26(23)38/h1-12,15,23,25-27,37-38H,13-14,16H2,(H,35,39)/t23-,25+,26+,27+/m1/s1. The van der Waals surface area contributed by atoms with E-state index in [2.05, 4.69) is 5.32 Å². The van der Waals surface area contributed by atoms with Gasteiger partial charge in [0.25, 0.3) is 5.91 Å². The smallest absolute Gasteiger partial charge is 0.416 e. The second kappa shape index (κ2) is 11.3. The number of amides is 2. The number of hydrogen-bond donors (Lipinski definition) is 3. The van der Waals surface area contributed by atoms with E-state index in [1.807, 2.05) is 0 Å². The average Bonchev–Trinajstić information content (AvgIpc) is 3.36. The second-order valence-corrected chi connectivity index (χ2v) is 9.78. The van der Waals surface area contributed by atoms with Crippen molar-refractivity contribution in [2.45, 2.75) is 36.9 Å². The molecule has 0 bridgehead atoms. The van der Waals surface area contributed by atoms with Crippen LogP contribution >= 0.6 is 0 Å². The predicted molar refractivity (Wildman–Crippen MR) is 139 cm³/mol. The number of fused-ring (bicyclic) bond motifs is 3. The lowest BCUT2D eigenvalue weighted by atomic mass is 9.77. The molecule has 0 fully saturated rings. The van der Waals surface area contributed by atoms with Crippen LogP contribution in [0.15, 0.2) is 84.4 Å². The molecule has 0 spiro atoms. The van der Waals surface area contributed by atoms with Crippen molar-refractivity contribution >= 4 is 11.8 Å². The molecule has 5 rings (SSSR count). The number of carbonyl (C=O) groups excluding carboxylic acids is 2. The van der Waals surface area contributed by atoms with Crippen LogP contribution in [0.2, 0.25) is 0 Å². The minimum Gasteiger partial charge on any atom is -0.486 e. The van der Waals surface area contributed by atoms with Crippen molar-refractivity contribution in [3.63, 3.8) is 0 Å². The average molecular weight is 571 g/mol. The number of benzene rings is 3. The van der Waals surface area contributed by atoms with Crippen LogP contribution in [0.1, 0.15) is 33.0 Å². The number of hydrogen-bond acceptors (Lipinski definition) is 5. The SMILES string of the molecule is O=C(NCCO)C1=C[C@@H](N(Cc2ccccc2F)C(=O)c2ccc(C(F)(F)F)cc2)[C@H](O)[C@H]2Oc3ccccc3[C@@H]12. The zero-order valence-corrected chi connectivity index (χ0v) is 21.5. The molecule has 3 N–H and O–H groups in total. The molecule has 0 aromatic heterocycles. The number of rotatable bonds is 7. The molecule has 0 saturated heterocycles. The zero-order valence-electron chi connectivity index (χ0n) is 21.5. The van der Waals surface area contributed by atoms with Crippen molar-refractivity contribution in [2.75, 3.05) is 13.2 Å². The first-order chi connectivity index (χ1) is 19.6. The number of aliphatic hydroxyl groups excluding tert-OH is 2. The van der Waals surface area contributed by atoms with Gasteiger partial charge in [-0.3, -0.25) is 9.59 Å². The lowest BCUT2D eigenvalue weighted by molar-refractivity contribution is -0.137. The molecule has 3 aromatic rings. The van der Waals surface area contributed by atoms with Gasteiger partial charge < -0.3 is 25.2 Å². The van der Waals surface area contributed by atoms with E-state index in [4.69, 9.17) is 4.74 Å². The molecule has 2 aliphatic rings. The summed E-state index contributed by atoms with van der Waals surface area (Å²) in [6, 6.07) is 14.9. The maximum Gasteiger partial charge on any atom is 0.416 e. The van der Waals surface area contributed by atoms with Crippen molar-refractivity contribution in [1.82, 2.24) is 10.2 Å². The summed E-state index contributed by atoms with van der Waals surface area (Å²) >= 11 is 0. The van der Waals surface area contributed by atoms with Crippen LogP contribution in [0.3, 0.4) is 0 Å². The Bertz CT molecular complexity index is 1470. The number of nitrogens with one attached hydrogen (secondary N) is 1. The summed E-state index contributed by atoms with van der Waals surface area (Å²) in [4.78, 5) is 28.2. The molecule has 3 aromatic carbocycles. The van der Waals surface area contributed by atoms with Gasteiger partial charge in [-0.05, 0) is 42.5 Å². The van der Waals surface area contributed by atoms with Crippen LogP contribution in [-0.2, 0) is 17.5 Å². The van der Waals surface area contributed by atoms with Gasteiger partial charge in [0.15, 0.2) is 0 Å². The Morgan fingerprint density at radius 1 is 0.976 bits per heavy atom. The van der Waals surface area contributed by atoms with Gasteiger partial charge in [-0.15, -0.1) is 0 Å². The normalized spacial score (nSPS) is 21.3. The summed E-state index contributed by atoms with van der Waals surface area (Å²) in [5.74, 6) is -2.23. The summed E-state index contributed by atoms with van der Waals surface area (Å²) in [6.45, 7) is -0.731. The first kappa shape index (κ1) is 28.3. The van der Waals surface area contributed by atoms with Gasteiger partial charge >= 0.3 is 6.18 Å². The topological polar surface area (TPSA) is 99.1 Å². The first-order valence-electron chi connectivity index (χ1n) is 12.9. The Kier molecular flexibility index (Phi) is 7.83. The highest BCUT2D eigenvalue weighted by molar-refractivity contribution is 5.97. The summed E-state index contributed by atoms with van der Waals surface area (Å²) in [7, 11) is 0. The van der Waals surface area contributed by atoms with Gasteiger partial charge in [0.1, 0.15) is 23.8 Å². The van der Waals surface area contributed by atoms with Crippen LogP contribution in [0.4, 0.5) is 17.6 Å². The van der Waals surface area contributed by atoms with E-state index in [0.717, 1.165) is 29.2 Å². The molecular weight excluding hydrogens is 544 g/mol. The number of para-hydroxylation sites is 1. The number of carbonyl (C=O) groups is 2. The minimum absolute atomic E-state index is 0.0489. The monoisotopic (exact) mass is 570 g/mol. The zero-order chi connectivity index (χ0) is 29.3. The van der Waals surface area contributed by atoms with Gasteiger partial charge in [0.05, 0.1) is 24.1 Å². The number of halogens is 4. The van der Waals surface area contributed by atoms with Crippen LogP contribution in [0.25, 0.3) is 0 Å².